The van der Waals surface area contributed by atoms with Crippen molar-refractivity contribution in [2.75, 3.05) is 6.61 Å². The molecule has 9 heavy (non-hydrogen) atoms. The van der Waals surface area contributed by atoms with E-state index in [4.69, 9.17) is 4.74 Å². The Morgan fingerprint density at radius 2 is 2.44 bits per heavy atom. The summed E-state index contributed by atoms with van der Waals surface area (Å²) in [4.78, 5) is 0. The van der Waals surface area contributed by atoms with Crippen molar-refractivity contribution in [3.8, 4) is 0 Å². The van der Waals surface area contributed by atoms with Gasteiger partial charge in [-0.05, 0) is 18.4 Å². The van der Waals surface area contributed by atoms with E-state index in [1.54, 1.807) is 0 Å². The summed E-state index contributed by atoms with van der Waals surface area (Å²) in [5.74, 6) is 0. The molecule has 0 bridgehead atoms. The Balaban J connectivity index is 2.48. The van der Waals surface area contributed by atoms with Gasteiger partial charge in [0.1, 0.15) is 0 Å². The minimum absolute atomic E-state index is 0.124. The molecule has 1 aliphatic heterocycles. The first kappa shape index (κ1) is 6.56. The molecule has 0 unspecified atom stereocenters. The molecule has 0 N–H and O–H groups in total. The summed E-state index contributed by atoms with van der Waals surface area (Å²) in [6, 6.07) is 0. The number of rotatable bonds is 1. The predicted molar refractivity (Wildman–Crippen MR) is 38.3 cm³/mol. The molecule has 0 amide bonds. The predicted octanol–water partition coefficient (Wildman–Crippen LogP) is 1.91. The molecule has 1 nitrogen and oxygen atoms in total. The molecule has 0 aromatic rings. The summed E-state index contributed by atoms with van der Waals surface area (Å²) in [5, 5.41) is 0. The van der Waals surface area contributed by atoms with E-state index < -0.39 is 0 Å². The summed E-state index contributed by atoms with van der Waals surface area (Å²) in [6.07, 6.45) is 4.14. The van der Waals surface area contributed by atoms with E-state index in [9.17, 15) is 0 Å². The molecule has 1 fully saturated rings. The average Bonchev–Trinajstić information content (AvgIpc) is 1.89. The van der Waals surface area contributed by atoms with Gasteiger partial charge >= 0.3 is 0 Å². The normalized spacial score (nSPS) is 28.0. The van der Waals surface area contributed by atoms with E-state index in [0.29, 0.717) is 0 Å². The van der Waals surface area contributed by atoms with Gasteiger partial charge in [-0.1, -0.05) is 12.7 Å². The Hall–Kier alpha value is -0.560. The molecule has 1 aliphatic rings. The van der Waals surface area contributed by atoms with Gasteiger partial charge in [-0.15, -0.1) is 6.58 Å². The maximum Gasteiger partial charge on any atom is 0.0961 e. The highest BCUT2D eigenvalue weighted by Crippen LogP contribution is 2.17. The van der Waals surface area contributed by atoms with Crippen LogP contribution in [-0.4, -0.2) is 12.7 Å². The van der Waals surface area contributed by atoms with Crippen LogP contribution in [0.15, 0.2) is 24.8 Å². The Labute approximate surface area is 56.0 Å². The molecule has 1 heterocycles. The number of hydrogen-bond donors (Lipinski definition) is 0. The molecule has 0 saturated carbocycles. The molecule has 0 radical (unpaired) electrons. The van der Waals surface area contributed by atoms with Gasteiger partial charge in [0.2, 0.25) is 0 Å². The maximum atomic E-state index is 5.32. The van der Waals surface area contributed by atoms with Crippen LogP contribution < -0.4 is 0 Å². The lowest BCUT2D eigenvalue weighted by Gasteiger charge is -2.21. The highest BCUT2D eigenvalue weighted by Gasteiger charge is 2.12. The van der Waals surface area contributed by atoms with Crippen molar-refractivity contribution in [3.05, 3.63) is 24.8 Å². The second-order valence-corrected chi connectivity index (χ2v) is 2.29. The zero-order valence-corrected chi connectivity index (χ0v) is 5.60. The van der Waals surface area contributed by atoms with Gasteiger partial charge in [0.05, 0.1) is 6.10 Å². The van der Waals surface area contributed by atoms with Gasteiger partial charge in [0.15, 0.2) is 0 Å². The Morgan fingerprint density at radius 1 is 1.67 bits per heavy atom. The third-order valence-electron chi connectivity index (χ3n) is 1.56. The molecule has 1 saturated heterocycles. The minimum atomic E-state index is 0.124. The van der Waals surface area contributed by atoms with Crippen molar-refractivity contribution in [1.29, 1.82) is 0 Å². The Kier molecular flexibility index (Phi) is 2.06. The van der Waals surface area contributed by atoms with Crippen LogP contribution in [0, 0.1) is 0 Å². The molecule has 1 rings (SSSR count). The Bertz CT molecular complexity index is 127. The van der Waals surface area contributed by atoms with E-state index in [1.807, 2.05) is 6.08 Å². The van der Waals surface area contributed by atoms with Crippen LogP contribution in [0.3, 0.4) is 0 Å². The SMILES string of the molecule is C=C[C@@H]1OCCCC1=C. The zero-order valence-electron chi connectivity index (χ0n) is 5.60. The summed E-state index contributed by atoms with van der Waals surface area (Å²) in [7, 11) is 0. The first-order valence-electron chi connectivity index (χ1n) is 3.26. The first-order valence-corrected chi connectivity index (χ1v) is 3.26. The van der Waals surface area contributed by atoms with Crippen molar-refractivity contribution in [3.63, 3.8) is 0 Å². The highest BCUT2D eigenvalue weighted by atomic mass is 16.5. The second kappa shape index (κ2) is 2.83. The quantitative estimate of drug-likeness (QED) is 0.485. The summed E-state index contributed by atoms with van der Waals surface area (Å²) in [6.45, 7) is 8.38. The molecular weight excluding hydrogens is 112 g/mol. The standard InChI is InChI=1S/C8H12O/c1-3-8-7(2)5-4-6-9-8/h3,8H,1-2,4-6H2/t8-/m0/s1. The van der Waals surface area contributed by atoms with E-state index in [1.165, 1.54) is 0 Å². The van der Waals surface area contributed by atoms with E-state index in [2.05, 4.69) is 13.2 Å². The molecule has 1 atom stereocenters. The maximum absolute atomic E-state index is 5.32. The van der Waals surface area contributed by atoms with Crippen LogP contribution in [0.1, 0.15) is 12.8 Å². The van der Waals surface area contributed by atoms with E-state index in [-0.39, 0.29) is 6.10 Å². The van der Waals surface area contributed by atoms with Crippen LogP contribution >= 0.6 is 0 Å². The van der Waals surface area contributed by atoms with Crippen LogP contribution in [0.25, 0.3) is 0 Å². The lowest BCUT2D eigenvalue weighted by Crippen LogP contribution is -2.18. The van der Waals surface area contributed by atoms with Crippen LogP contribution in [0.5, 0.6) is 0 Å². The minimum Gasteiger partial charge on any atom is -0.370 e. The Morgan fingerprint density at radius 3 is 2.89 bits per heavy atom. The van der Waals surface area contributed by atoms with Crippen molar-refractivity contribution >= 4 is 0 Å². The molecule has 0 aliphatic carbocycles. The van der Waals surface area contributed by atoms with E-state index >= 15 is 0 Å². The average molecular weight is 124 g/mol. The van der Waals surface area contributed by atoms with Gasteiger partial charge in [-0.25, -0.2) is 0 Å². The third-order valence-corrected chi connectivity index (χ3v) is 1.56. The smallest absolute Gasteiger partial charge is 0.0961 e. The first-order chi connectivity index (χ1) is 4.34. The van der Waals surface area contributed by atoms with Crippen molar-refractivity contribution in [2.24, 2.45) is 0 Å². The van der Waals surface area contributed by atoms with Crippen LogP contribution in [-0.2, 0) is 4.74 Å². The third kappa shape index (κ3) is 1.42. The van der Waals surface area contributed by atoms with Crippen molar-refractivity contribution < 1.29 is 4.74 Å². The summed E-state index contributed by atoms with van der Waals surface area (Å²) >= 11 is 0. The van der Waals surface area contributed by atoms with Gasteiger partial charge < -0.3 is 4.74 Å². The fourth-order valence-electron chi connectivity index (χ4n) is 1.00. The molecule has 0 aromatic carbocycles. The largest absolute Gasteiger partial charge is 0.370 e. The number of hydrogen-bond acceptors (Lipinski definition) is 1. The van der Waals surface area contributed by atoms with Gasteiger partial charge in [-0.3, -0.25) is 0 Å². The molecule has 0 aromatic heterocycles. The fraction of sp³-hybridized carbons (Fsp3) is 0.500. The molecule has 1 heteroatoms. The van der Waals surface area contributed by atoms with Crippen LogP contribution in [0.4, 0.5) is 0 Å². The van der Waals surface area contributed by atoms with Crippen LogP contribution in [0.2, 0.25) is 0 Å². The van der Waals surface area contributed by atoms with Crippen molar-refractivity contribution in [1.82, 2.24) is 0 Å². The summed E-state index contributed by atoms with van der Waals surface area (Å²) < 4.78 is 5.32. The lowest BCUT2D eigenvalue weighted by atomic mass is 10.0. The van der Waals surface area contributed by atoms with Gasteiger partial charge in [0, 0.05) is 6.61 Å². The van der Waals surface area contributed by atoms with Gasteiger partial charge in [0.25, 0.3) is 0 Å². The van der Waals surface area contributed by atoms with Gasteiger partial charge in [-0.2, -0.15) is 0 Å². The molecule has 0 spiro atoms. The zero-order chi connectivity index (χ0) is 6.69. The van der Waals surface area contributed by atoms with Crippen molar-refractivity contribution in [2.45, 2.75) is 18.9 Å². The lowest BCUT2D eigenvalue weighted by molar-refractivity contribution is 0.0830. The van der Waals surface area contributed by atoms with E-state index in [0.717, 1.165) is 25.0 Å². The highest BCUT2D eigenvalue weighted by molar-refractivity contribution is 5.11. The fourth-order valence-corrected chi connectivity index (χ4v) is 1.00. The summed E-state index contributed by atoms with van der Waals surface area (Å²) in [5.41, 5.74) is 1.16. The number of ether oxygens (including phenoxy) is 1. The topological polar surface area (TPSA) is 9.23 Å². The monoisotopic (exact) mass is 124 g/mol. The molecular formula is C8H12O. The second-order valence-electron chi connectivity index (χ2n) is 2.29. The molecule has 50 valence electrons.